The van der Waals surface area contributed by atoms with E-state index in [0.29, 0.717) is 13.1 Å². The van der Waals surface area contributed by atoms with Crippen molar-refractivity contribution in [1.29, 1.82) is 0 Å². The molecule has 2 saturated heterocycles. The molecule has 6 heteroatoms. The number of urea groups is 1. The number of nitrogens with one attached hydrogen (secondary N) is 1. The predicted molar refractivity (Wildman–Crippen MR) is 117 cm³/mol. The molecule has 1 N–H and O–H groups in total. The molecule has 6 nitrogen and oxygen atoms in total. The van der Waals surface area contributed by atoms with Crippen LogP contribution in [-0.4, -0.2) is 56.0 Å². The van der Waals surface area contributed by atoms with Gasteiger partial charge in [0, 0.05) is 61.9 Å². The molecular weight excluding hydrogens is 364 g/mol. The number of amides is 2. The Labute approximate surface area is 172 Å². The lowest BCUT2D eigenvalue weighted by Crippen LogP contribution is -2.50. The molecule has 2 aliphatic rings. The van der Waals surface area contributed by atoms with Crippen LogP contribution in [0.4, 0.5) is 21.9 Å². The Morgan fingerprint density at radius 1 is 0.724 bits per heavy atom. The van der Waals surface area contributed by atoms with Gasteiger partial charge in [-0.15, -0.1) is 0 Å². The van der Waals surface area contributed by atoms with Crippen LogP contribution in [-0.2, 0) is 0 Å². The van der Waals surface area contributed by atoms with Crippen LogP contribution in [0.25, 0.3) is 0 Å². The highest BCUT2D eigenvalue weighted by molar-refractivity contribution is 5.94. The minimum absolute atomic E-state index is 0.0505. The molecular formula is C23H28N4O2. The van der Waals surface area contributed by atoms with Gasteiger partial charge in [0.1, 0.15) is 0 Å². The molecule has 0 saturated carbocycles. The maximum atomic E-state index is 12.6. The Morgan fingerprint density at radius 3 is 1.79 bits per heavy atom. The van der Waals surface area contributed by atoms with E-state index in [-0.39, 0.29) is 11.8 Å². The number of Topliss-reactive ketones (excluding diaryl/α,β-unsaturated/α-hetero) is 1. The number of piperazine rings is 1. The van der Waals surface area contributed by atoms with Gasteiger partial charge < -0.3 is 20.0 Å². The van der Waals surface area contributed by atoms with Gasteiger partial charge in [0.15, 0.2) is 5.78 Å². The van der Waals surface area contributed by atoms with E-state index < -0.39 is 0 Å². The third-order valence-electron chi connectivity index (χ3n) is 5.80. The molecule has 2 aromatic carbocycles. The molecule has 0 unspecified atom stereocenters. The van der Waals surface area contributed by atoms with E-state index in [1.165, 1.54) is 18.5 Å². The summed E-state index contributed by atoms with van der Waals surface area (Å²) in [5.74, 6) is 0.0755. The first-order valence-electron chi connectivity index (χ1n) is 10.4. The zero-order valence-electron chi connectivity index (χ0n) is 16.9. The molecule has 2 amide bonds. The highest BCUT2D eigenvalue weighted by Gasteiger charge is 2.21. The summed E-state index contributed by atoms with van der Waals surface area (Å²) < 4.78 is 0. The van der Waals surface area contributed by atoms with Gasteiger partial charge in [-0.05, 0) is 68.3 Å². The first-order chi connectivity index (χ1) is 14.1. The van der Waals surface area contributed by atoms with Gasteiger partial charge in [-0.2, -0.15) is 0 Å². The van der Waals surface area contributed by atoms with Gasteiger partial charge in [0.05, 0.1) is 0 Å². The highest BCUT2D eigenvalue weighted by Crippen LogP contribution is 2.23. The Morgan fingerprint density at radius 2 is 1.24 bits per heavy atom. The molecule has 0 radical (unpaired) electrons. The second-order valence-electron chi connectivity index (χ2n) is 7.75. The van der Waals surface area contributed by atoms with Crippen LogP contribution in [0.3, 0.4) is 0 Å². The molecule has 29 heavy (non-hydrogen) atoms. The molecule has 0 bridgehead atoms. The second kappa shape index (κ2) is 8.55. The fourth-order valence-corrected chi connectivity index (χ4v) is 4.01. The first kappa shape index (κ1) is 19.3. The Hall–Kier alpha value is -3.02. The van der Waals surface area contributed by atoms with Gasteiger partial charge >= 0.3 is 6.03 Å². The summed E-state index contributed by atoms with van der Waals surface area (Å²) in [5.41, 5.74) is 3.88. The zero-order chi connectivity index (χ0) is 20.2. The fourth-order valence-electron chi connectivity index (χ4n) is 4.01. The largest absolute Gasteiger partial charge is 0.372 e. The summed E-state index contributed by atoms with van der Waals surface area (Å²) in [7, 11) is 0. The molecule has 2 aromatic rings. The van der Waals surface area contributed by atoms with Crippen LogP contribution in [0.1, 0.15) is 30.1 Å². The normalized spacial score (nSPS) is 16.8. The molecule has 0 aromatic heterocycles. The first-order valence-corrected chi connectivity index (χ1v) is 10.4. The van der Waals surface area contributed by atoms with Crippen molar-refractivity contribution < 1.29 is 9.59 Å². The standard InChI is InChI=1S/C23H28N4O2/c1-18(28)19-4-8-21(9-5-19)26-14-16-27(17-15-26)23(29)24-20-6-10-22(11-7-20)25-12-2-3-13-25/h4-11H,2-3,12-17H2,1H3,(H,24,29). The van der Waals surface area contributed by atoms with E-state index in [2.05, 4.69) is 27.2 Å². The van der Waals surface area contributed by atoms with Gasteiger partial charge in [-0.1, -0.05) is 0 Å². The number of hydrogen-bond acceptors (Lipinski definition) is 4. The third-order valence-corrected chi connectivity index (χ3v) is 5.80. The molecule has 2 fully saturated rings. The van der Waals surface area contributed by atoms with Crippen molar-refractivity contribution >= 4 is 28.9 Å². The molecule has 0 atom stereocenters. The molecule has 152 valence electrons. The van der Waals surface area contributed by atoms with Gasteiger partial charge in [-0.3, -0.25) is 4.79 Å². The SMILES string of the molecule is CC(=O)c1ccc(N2CCN(C(=O)Nc3ccc(N4CCCC4)cc3)CC2)cc1. The minimum Gasteiger partial charge on any atom is -0.372 e. The quantitative estimate of drug-likeness (QED) is 0.803. The van der Waals surface area contributed by atoms with E-state index in [9.17, 15) is 9.59 Å². The van der Waals surface area contributed by atoms with Crippen molar-refractivity contribution in [1.82, 2.24) is 4.90 Å². The number of rotatable bonds is 4. The summed E-state index contributed by atoms with van der Waals surface area (Å²) in [5, 5.41) is 3.02. The summed E-state index contributed by atoms with van der Waals surface area (Å²) in [6.07, 6.45) is 2.51. The Balaban J connectivity index is 1.29. The van der Waals surface area contributed by atoms with Crippen LogP contribution in [0.2, 0.25) is 0 Å². The van der Waals surface area contributed by atoms with Crippen molar-refractivity contribution in [3.63, 3.8) is 0 Å². The van der Waals surface area contributed by atoms with Gasteiger partial charge in [0.25, 0.3) is 0 Å². The van der Waals surface area contributed by atoms with Crippen LogP contribution in [0.15, 0.2) is 48.5 Å². The van der Waals surface area contributed by atoms with E-state index in [1.807, 2.05) is 41.3 Å². The van der Waals surface area contributed by atoms with E-state index in [1.54, 1.807) is 6.92 Å². The molecule has 4 rings (SSSR count). The molecule has 2 heterocycles. The third kappa shape index (κ3) is 4.53. The summed E-state index contributed by atoms with van der Waals surface area (Å²) in [6, 6.07) is 15.8. The highest BCUT2D eigenvalue weighted by atomic mass is 16.2. The lowest BCUT2D eigenvalue weighted by Gasteiger charge is -2.36. The van der Waals surface area contributed by atoms with E-state index >= 15 is 0 Å². The average Bonchev–Trinajstić information content (AvgIpc) is 3.29. The van der Waals surface area contributed by atoms with E-state index in [0.717, 1.165) is 43.1 Å². The molecule has 0 spiro atoms. The molecule has 2 aliphatic heterocycles. The number of nitrogens with zero attached hydrogens (tertiary/aromatic N) is 3. The fraction of sp³-hybridized carbons (Fsp3) is 0.391. The van der Waals surface area contributed by atoms with Crippen molar-refractivity contribution in [3.05, 3.63) is 54.1 Å². The summed E-state index contributed by atoms with van der Waals surface area (Å²) in [6.45, 7) is 6.72. The summed E-state index contributed by atoms with van der Waals surface area (Å²) >= 11 is 0. The topological polar surface area (TPSA) is 55.9 Å². The van der Waals surface area contributed by atoms with Crippen molar-refractivity contribution in [2.45, 2.75) is 19.8 Å². The maximum Gasteiger partial charge on any atom is 0.321 e. The number of carbonyl (C=O) groups is 2. The van der Waals surface area contributed by atoms with Crippen LogP contribution in [0.5, 0.6) is 0 Å². The van der Waals surface area contributed by atoms with Crippen LogP contribution < -0.4 is 15.1 Å². The van der Waals surface area contributed by atoms with Crippen molar-refractivity contribution in [2.24, 2.45) is 0 Å². The van der Waals surface area contributed by atoms with Crippen LogP contribution in [0, 0.1) is 0 Å². The van der Waals surface area contributed by atoms with Gasteiger partial charge in [-0.25, -0.2) is 4.79 Å². The Bertz CT molecular complexity index is 849. The van der Waals surface area contributed by atoms with Crippen molar-refractivity contribution in [2.75, 3.05) is 54.4 Å². The summed E-state index contributed by atoms with van der Waals surface area (Å²) in [4.78, 5) is 30.5. The number of benzene rings is 2. The van der Waals surface area contributed by atoms with E-state index in [4.69, 9.17) is 0 Å². The molecule has 0 aliphatic carbocycles. The second-order valence-corrected chi connectivity index (χ2v) is 7.75. The lowest BCUT2D eigenvalue weighted by atomic mass is 10.1. The number of carbonyl (C=O) groups excluding carboxylic acids is 2. The van der Waals surface area contributed by atoms with Crippen molar-refractivity contribution in [3.8, 4) is 0 Å². The number of anilines is 3. The monoisotopic (exact) mass is 392 g/mol. The lowest BCUT2D eigenvalue weighted by molar-refractivity contribution is 0.101. The number of ketones is 1. The average molecular weight is 393 g/mol. The maximum absolute atomic E-state index is 12.6. The van der Waals surface area contributed by atoms with Gasteiger partial charge in [0.2, 0.25) is 0 Å². The minimum atomic E-state index is -0.0505. The van der Waals surface area contributed by atoms with Crippen LogP contribution >= 0.6 is 0 Å². The predicted octanol–water partition coefficient (Wildman–Crippen LogP) is 3.84. The zero-order valence-corrected chi connectivity index (χ0v) is 16.9. The Kier molecular flexibility index (Phi) is 5.69. The number of hydrogen-bond donors (Lipinski definition) is 1. The smallest absolute Gasteiger partial charge is 0.321 e.